The summed E-state index contributed by atoms with van der Waals surface area (Å²) in [7, 11) is 0. The van der Waals surface area contributed by atoms with E-state index in [9.17, 15) is 0 Å². The van der Waals surface area contributed by atoms with Crippen LogP contribution in [0.2, 0.25) is 0 Å². The van der Waals surface area contributed by atoms with Gasteiger partial charge >= 0.3 is 0 Å². The number of aliphatic hydroxyl groups excluding tert-OH is 1. The SMILES string of the molecule is Cc1ccc(C)c(SCCOCCO)c1. The maximum Gasteiger partial charge on any atom is 0.0698 e. The van der Waals surface area contributed by atoms with Crippen molar-refractivity contribution in [2.24, 2.45) is 0 Å². The standard InChI is InChI=1S/C12H18O2S/c1-10-3-4-11(2)12(9-10)15-8-7-14-6-5-13/h3-4,9,13H,5-8H2,1-2H3. The number of aliphatic hydroxyl groups is 1. The minimum atomic E-state index is 0.105. The Bertz CT molecular complexity index is 300. The summed E-state index contributed by atoms with van der Waals surface area (Å²) >= 11 is 1.81. The lowest BCUT2D eigenvalue weighted by atomic mass is 10.2. The Morgan fingerprint density at radius 3 is 2.80 bits per heavy atom. The van der Waals surface area contributed by atoms with Gasteiger partial charge in [0.1, 0.15) is 0 Å². The van der Waals surface area contributed by atoms with Gasteiger partial charge < -0.3 is 9.84 Å². The molecule has 0 saturated heterocycles. The van der Waals surface area contributed by atoms with Crippen LogP contribution in [-0.2, 0) is 4.74 Å². The second-order valence-electron chi connectivity index (χ2n) is 3.45. The molecule has 0 heterocycles. The van der Waals surface area contributed by atoms with Crippen molar-refractivity contribution in [3.8, 4) is 0 Å². The molecule has 1 N–H and O–H groups in total. The van der Waals surface area contributed by atoms with Crippen LogP contribution in [0.1, 0.15) is 11.1 Å². The Kier molecular flexibility index (Phi) is 5.76. The molecule has 1 aromatic rings. The second kappa shape index (κ2) is 6.88. The molecule has 1 aromatic carbocycles. The second-order valence-corrected chi connectivity index (χ2v) is 4.59. The first kappa shape index (κ1) is 12.6. The molecule has 84 valence electrons. The van der Waals surface area contributed by atoms with Gasteiger partial charge in [-0.25, -0.2) is 0 Å². The van der Waals surface area contributed by atoms with Crippen molar-refractivity contribution in [3.05, 3.63) is 29.3 Å². The third-order valence-corrected chi connectivity index (χ3v) is 3.19. The molecule has 0 aliphatic rings. The maximum absolute atomic E-state index is 8.53. The molecule has 0 spiro atoms. The zero-order valence-corrected chi connectivity index (χ0v) is 10.1. The number of rotatable bonds is 6. The van der Waals surface area contributed by atoms with Gasteiger partial charge in [0, 0.05) is 10.6 Å². The Labute approximate surface area is 95.7 Å². The summed E-state index contributed by atoms with van der Waals surface area (Å²) in [6.45, 7) is 5.46. The van der Waals surface area contributed by atoms with Crippen LogP contribution in [0.3, 0.4) is 0 Å². The first-order valence-corrected chi connectivity index (χ1v) is 6.11. The van der Waals surface area contributed by atoms with Crippen LogP contribution in [0.5, 0.6) is 0 Å². The van der Waals surface area contributed by atoms with Crippen LogP contribution in [0.4, 0.5) is 0 Å². The molecule has 0 aliphatic heterocycles. The number of ether oxygens (including phenoxy) is 1. The molecule has 0 saturated carbocycles. The van der Waals surface area contributed by atoms with Gasteiger partial charge in [-0.3, -0.25) is 0 Å². The first-order chi connectivity index (χ1) is 7.24. The highest BCUT2D eigenvalue weighted by Crippen LogP contribution is 2.23. The molecule has 2 nitrogen and oxygen atoms in total. The van der Waals surface area contributed by atoms with E-state index in [0.29, 0.717) is 13.2 Å². The predicted molar refractivity (Wildman–Crippen MR) is 64.5 cm³/mol. The van der Waals surface area contributed by atoms with Crippen LogP contribution in [0, 0.1) is 13.8 Å². The highest BCUT2D eigenvalue weighted by molar-refractivity contribution is 7.99. The van der Waals surface area contributed by atoms with Crippen molar-refractivity contribution >= 4 is 11.8 Å². The van der Waals surface area contributed by atoms with E-state index in [2.05, 4.69) is 32.0 Å². The molecule has 0 atom stereocenters. The fraction of sp³-hybridized carbons (Fsp3) is 0.500. The lowest BCUT2D eigenvalue weighted by Gasteiger charge is -2.06. The van der Waals surface area contributed by atoms with Crippen LogP contribution in [-0.4, -0.2) is 30.7 Å². The fourth-order valence-electron chi connectivity index (χ4n) is 1.24. The van der Waals surface area contributed by atoms with Crippen LogP contribution in [0.25, 0.3) is 0 Å². The largest absolute Gasteiger partial charge is 0.394 e. The predicted octanol–water partition coefficient (Wildman–Crippen LogP) is 2.40. The molecular weight excluding hydrogens is 208 g/mol. The topological polar surface area (TPSA) is 29.5 Å². The molecule has 15 heavy (non-hydrogen) atoms. The lowest BCUT2D eigenvalue weighted by molar-refractivity contribution is 0.103. The van der Waals surface area contributed by atoms with Crippen molar-refractivity contribution < 1.29 is 9.84 Å². The number of hydrogen-bond donors (Lipinski definition) is 1. The Morgan fingerprint density at radius 1 is 1.27 bits per heavy atom. The molecule has 0 unspecified atom stereocenters. The summed E-state index contributed by atoms with van der Waals surface area (Å²) in [5.74, 6) is 0.935. The third-order valence-electron chi connectivity index (χ3n) is 2.06. The average molecular weight is 226 g/mol. The summed E-state index contributed by atoms with van der Waals surface area (Å²) in [6, 6.07) is 6.47. The highest BCUT2D eigenvalue weighted by atomic mass is 32.2. The molecule has 0 bridgehead atoms. The van der Waals surface area contributed by atoms with E-state index in [1.807, 2.05) is 0 Å². The fourth-order valence-corrected chi connectivity index (χ4v) is 2.23. The van der Waals surface area contributed by atoms with E-state index in [4.69, 9.17) is 9.84 Å². The lowest BCUT2D eigenvalue weighted by Crippen LogP contribution is -2.02. The number of benzene rings is 1. The highest BCUT2D eigenvalue weighted by Gasteiger charge is 1.99. The van der Waals surface area contributed by atoms with Gasteiger partial charge in [0.2, 0.25) is 0 Å². The zero-order chi connectivity index (χ0) is 11.1. The summed E-state index contributed by atoms with van der Waals surface area (Å²) in [6.07, 6.45) is 0. The molecular formula is C12H18O2S. The van der Waals surface area contributed by atoms with Crippen LogP contribution < -0.4 is 0 Å². The summed E-state index contributed by atoms with van der Waals surface area (Å²) in [5, 5.41) is 8.53. The Hall–Kier alpha value is -0.510. The van der Waals surface area contributed by atoms with E-state index in [-0.39, 0.29) is 6.61 Å². The number of thioether (sulfide) groups is 1. The van der Waals surface area contributed by atoms with Gasteiger partial charge in [0.05, 0.1) is 19.8 Å². The van der Waals surface area contributed by atoms with Gasteiger partial charge in [-0.15, -0.1) is 11.8 Å². The third kappa shape index (κ3) is 4.69. The van der Waals surface area contributed by atoms with Crippen molar-refractivity contribution in [2.45, 2.75) is 18.7 Å². The van der Waals surface area contributed by atoms with E-state index in [1.54, 1.807) is 11.8 Å². The molecule has 0 aliphatic carbocycles. The minimum absolute atomic E-state index is 0.105. The Balaban J connectivity index is 2.33. The van der Waals surface area contributed by atoms with Crippen molar-refractivity contribution in [1.82, 2.24) is 0 Å². The molecule has 0 fully saturated rings. The normalized spacial score (nSPS) is 10.6. The van der Waals surface area contributed by atoms with Crippen molar-refractivity contribution in [3.63, 3.8) is 0 Å². The quantitative estimate of drug-likeness (QED) is 0.596. The molecule has 3 heteroatoms. The molecule has 0 aromatic heterocycles. The van der Waals surface area contributed by atoms with E-state index >= 15 is 0 Å². The number of hydrogen-bond acceptors (Lipinski definition) is 3. The first-order valence-electron chi connectivity index (χ1n) is 5.12. The van der Waals surface area contributed by atoms with Crippen molar-refractivity contribution in [2.75, 3.05) is 25.6 Å². The van der Waals surface area contributed by atoms with Crippen LogP contribution >= 0.6 is 11.8 Å². The van der Waals surface area contributed by atoms with Gasteiger partial charge in [-0.05, 0) is 25.5 Å². The van der Waals surface area contributed by atoms with Gasteiger partial charge in [-0.2, -0.15) is 0 Å². The molecule has 0 radical (unpaired) electrons. The summed E-state index contributed by atoms with van der Waals surface area (Å²) in [4.78, 5) is 1.32. The van der Waals surface area contributed by atoms with Gasteiger partial charge in [0.15, 0.2) is 0 Å². The monoisotopic (exact) mass is 226 g/mol. The Morgan fingerprint density at radius 2 is 2.07 bits per heavy atom. The summed E-state index contributed by atoms with van der Waals surface area (Å²) in [5.41, 5.74) is 2.60. The van der Waals surface area contributed by atoms with E-state index < -0.39 is 0 Å². The zero-order valence-electron chi connectivity index (χ0n) is 9.32. The van der Waals surface area contributed by atoms with Crippen molar-refractivity contribution in [1.29, 1.82) is 0 Å². The van der Waals surface area contributed by atoms with Crippen LogP contribution in [0.15, 0.2) is 23.1 Å². The number of aryl methyl sites for hydroxylation is 2. The minimum Gasteiger partial charge on any atom is -0.394 e. The van der Waals surface area contributed by atoms with E-state index in [0.717, 1.165) is 5.75 Å². The van der Waals surface area contributed by atoms with Gasteiger partial charge in [-0.1, -0.05) is 17.7 Å². The molecule has 0 amide bonds. The maximum atomic E-state index is 8.53. The molecule has 1 rings (SSSR count). The van der Waals surface area contributed by atoms with Gasteiger partial charge in [0.25, 0.3) is 0 Å². The summed E-state index contributed by atoms with van der Waals surface area (Å²) < 4.78 is 5.20. The smallest absolute Gasteiger partial charge is 0.0698 e. The average Bonchev–Trinajstić information content (AvgIpc) is 2.23. The van der Waals surface area contributed by atoms with E-state index in [1.165, 1.54) is 16.0 Å².